The molecule has 1 aromatic carbocycles. The van der Waals surface area contributed by atoms with Crippen molar-refractivity contribution in [2.24, 2.45) is 0 Å². The van der Waals surface area contributed by atoms with Crippen LogP contribution in [0.15, 0.2) is 12.1 Å². The zero-order valence-electron chi connectivity index (χ0n) is 20.0. The lowest BCUT2D eigenvalue weighted by Gasteiger charge is -2.17. The monoisotopic (exact) mass is 450 g/mol. The van der Waals surface area contributed by atoms with Crippen molar-refractivity contribution in [1.82, 2.24) is 0 Å². The second-order valence-corrected chi connectivity index (χ2v) is 8.44. The number of hydrogen-bond donors (Lipinski definition) is 2. The smallest absolute Gasteiger partial charge is 0.307 e. The summed E-state index contributed by atoms with van der Waals surface area (Å²) >= 11 is 0. The number of unbranched alkanes of at least 4 members (excludes halogenated alkanes) is 10. The Balaban J connectivity index is 2.80. The highest BCUT2D eigenvalue weighted by Crippen LogP contribution is 2.32. The van der Waals surface area contributed by atoms with Gasteiger partial charge in [-0.25, -0.2) is 0 Å². The summed E-state index contributed by atoms with van der Waals surface area (Å²) < 4.78 is 11.9. The van der Waals surface area contributed by atoms with Crippen LogP contribution in [-0.2, 0) is 22.4 Å². The molecular weight excluding hydrogens is 408 g/mol. The van der Waals surface area contributed by atoms with E-state index in [2.05, 4.69) is 13.8 Å². The van der Waals surface area contributed by atoms with E-state index in [0.29, 0.717) is 35.8 Å². The zero-order valence-corrected chi connectivity index (χ0v) is 20.0. The lowest BCUT2D eigenvalue weighted by molar-refractivity contribution is -0.137. The van der Waals surface area contributed by atoms with E-state index in [1.165, 1.54) is 51.4 Å². The Morgan fingerprint density at radius 2 is 0.969 bits per heavy atom. The number of rotatable bonds is 20. The highest BCUT2D eigenvalue weighted by atomic mass is 16.5. The Labute approximate surface area is 193 Å². The van der Waals surface area contributed by atoms with Gasteiger partial charge in [0.15, 0.2) is 11.5 Å². The molecule has 0 saturated carbocycles. The van der Waals surface area contributed by atoms with Crippen molar-refractivity contribution in [3.63, 3.8) is 0 Å². The number of benzene rings is 1. The summed E-state index contributed by atoms with van der Waals surface area (Å²) in [5.74, 6) is -0.983. The van der Waals surface area contributed by atoms with Crippen molar-refractivity contribution < 1.29 is 29.3 Å². The van der Waals surface area contributed by atoms with Gasteiger partial charge in [-0.15, -0.1) is 0 Å². The second kappa shape index (κ2) is 17.3. The number of aliphatic carboxylic acids is 2. The molecule has 0 fully saturated rings. The number of carboxylic acids is 2. The quantitative estimate of drug-likeness (QED) is 0.223. The van der Waals surface area contributed by atoms with Crippen molar-refractivity contribution >= 4 is 11.9 Å². The van der Waals surface area contributed by atoms with Crippen LogP contribution in [0.1, 0.15) is 102 Å². The fourth-order valence-corrected chi connectivity index (χ4v) is 3.65. The van der Waals surface area contributed by atoms with Gasteiger partial charge in [0.25, 0.3) is 0 Å². The molecule has 1 aromatic rings. The van der Waals surface area contributed by atoms with E-state index in [1.807, 2.05) is 0 Å². The van der Waals surface area contributed by atoms with E-state index in [-0.39, 0.29) is 12.8 Å². The standard InChI is InChI=1S/C26H42O6/c1-3-5-7-9-11-13-15-31-23-17-21(19-25(27)28)22(20-26(29)30)18-24(23)32-16-14-12-10-8-6-4-2/h17-18H,3-16,19-20H2,1-2H3,(H,27,28)(H,29,30). The second-order valence-electron chi connectivity index (χ2n) is 8.44. The van der Waals surface area contributed by atoms with Crippen molar-refractivity contribution in [3.8, 4) is 11.5 Å². The molecule has 0 aliphatic carbocycles. The molecule has 0 bridgehead atoms. The zero-order chi connectivity index (χ0) is 23.6. The van der Waals surface area contributed by atoms with Crippen molar-refractivity contribution in [2.45, 2.75) is 104 Å². The average molecular weight is 451 g/mol. The summed E-state index contributed by atoms with van der Waals surface area (Å²) in [7, 11) is 0. The molecule has 6 heteroatoms. The van der Waals surface area contributed by atoms with Gasteiger partial charge in [0, 0.05) is 0 Å². The summed E-state index contributed by atoms with van der Waals surface area (Å²) in [6, 6.07) is 3.31. The maximum absolute atomic E-state index is 11.3. The molecule has 0 saturated heterocycles. The molecule has 0 spiro atoms. The average Bonchev–Trinajstić information content (AvgIpc) is 2.74. The first kappa shape index (κ1) is 27.8. The molecule has 0 aliphatic heterocycles. The number of carboxylic acid groups (broad SMARTS) is 2. The molecule has 0 radical (unpaired) electrons. The molecule has 2 N–H and O–H groups in total. The van der Waals surface area contributed by atoms with Crippen LogP contribution in [0.5, 0.6) is 11.5 Å². The predicted molar refractivity (Wildman–Crippen MR) is 127 cm³/mol. The topological polar surface area (TPSA) is 93.1 Å². The van der Waals surface area contributed by atoms with E-state index >= 15 is 0 Å². The van der Waals surface area contributed by atoms with Crippen molar-refractivity contribution in [2.75, 3.05) is 13.2 Å². The van der Waals surface area contributed by atoms with Crippen LogP contribution in [0, 0.1) is 0 Å². The maximum atomic E-state index is 11.3. The Morgan fingerprint density at radius 3 is 1.31 bits per heavy atom. The third-order valence-corrected chi connectivity index (χ3v) is 5.46. The summed E-state index contributed by atoms with van der Waals surface area (Å²) in [4.78, 5) is 22.6. The third-order valence-electron chi connectivity index (χ3n) is 5.46. The van der Waals surface area contributed by atoms with Gasteiger partial charge in [0.05, 0.1) is 26.1 Å². The Kier molecular flexibility index (Phi) is 15.1. The van der Waals surface area contributed by atoms with Crippen molar-refractivity contribution in [1.29, 1.82) is 0 Å². The third kappa shape index (κ3) is 12.6. The normalized spacial score (nSPS) is 10.8. The van der Waals surface area contributed by atoms with Gasteiger partial charge in [-0.3, -0.25) is 9.59 Å². The van der Waals surface area contributed by atoms with Gasteiger partial charge in [-0.2, -0.15) is 0 Å². The number of ether oxygens (including phenoxy) is 2. The van der Waals surface area contributed by atoms with Crippen molar-refractivity contribution in [3.05, 3.63) is 23.3 Å². The van der Waals surface area contributed by atoms with E-state index in [0.717, 1.165) is 25.7 Å². The van der Waals surface area contributed by atoms with Gasteiger partial charge >= 0.3 is 11.9 Å². The summed E-state index contributed by atoms with van der Waals surface area (Å²) in [5, 5.41) is 18.5. The molecule has 0 aliphatic rings. The fourth-order valence-electron chi connectivity index (χ4n) is 3.65. The van der Waals surface area contributed by atoms with Gasteiger partial charge in [-0.05, 0) is 36.1 Å². The van der Waals surface area contributed by atoms with Crippen LogP contribution in [0.3, 0.4) is 0 Å². The lowest BCUT2D eigenvalue weighted by atomic mass is 10.0. The molecule has 0 unspecified atom stereocenters. The number of carbonyl (C=O) groups is 2. The minimum atomic E-state index is -1.00. The first-order valence-corrected chi connectivity index (χ1v) is 12.3. The van der Waals surface area contributed by atoms with Crippen LogP contribution in [0.2, 0.25) is 0 Å². The molecule has 6 nitrogen and oxygen atoms in total. The lowest BCUT2D eigenvalue weighted by Crippen LogP contribution is -2.10. The minimum Gasteiger partial charge on any atom is -0.490 e. The Morgan fingerprint density at radius 1 is 0.625 bits per heavy atom. The molecule has 1 rings (SSSR count). The summed E-state index contributed by atoms with van der Waals surface area (Å²) in [5.41, 5.74) is 0.925. The molecule has 32 heavy (non-hydrogen) atoms. The largest absolute Gasteiger partial charge is 0.490 e. The van der Waals surface area contributed by atoms with Gasteiger partial charge in [0.2, 0.25) is 0 Å². The van der Waals surface area contributed by atoms with Crippen LogP contribution in [0.4, 0.5) is 0 Å². The van der Waals surface area contributed by atoms with Crippen LogP contribution < -0.4 is 9.47 Å². The molecule has 0 heterocycles. The summed E-state index contributed by atoms with van der Waals surface area (Å²) in [6.07, 6.45) is 13.3. The van der Waals surface area contributed by atoms with E-state index < -0.39 is 11.9 Å². The first-order chi connectivity index (χ1) is 15.5. The highest BCUT2D eigenvalue weighted by molar-refractivity contribution is 5.75. The SMILES string of the molecule is CCCCCCCCOc1cc(CC(=O)O)c(CC(=O)O)cc1OCCCCCCCC. The van der Waals surface area contributed by atoms with Gasteiger partial charge in [0.1, 0.15) is 0 Å². The molecule has 0 atom stereocenters. The maximum Gasteiger partial charge on any atom is 0.307 e. The Bertz CT molecular complexity index is 614. The van der Waals surface area contributed by atoms with Crippen LogP contribution >= 0.6 is 0 Å². The summed E-state index contributed by atoms with van der Waals surface area (Å²) in [6.45, 7) is 5.45. The molecule has 0 aromatic heterocycles. The number of hydrogen-bond acceptors (Lipinski definition) is 4. The fraction of sp³-hybridized carbons (Fsp3) is 0.692. The molecular formula is C26H42O6. The highest BCUT2D eigenvalue weighted by Gasteiger charge is 2.17. The van der Waals surface area contributed by atoms with Gasteiger partial charge in [-0.1, -0.05) is 78.1 Å². The van der Waals surface area contributed by atoms with E-state index in [9.17, 15) is 19.8 Å². The van der Waals surface area contributed by atoms with Crippen LogP contribution in [-0.4, -0.2) is 35.4 Å². The van der Waals surface area contributed by atoms with E-state index in [4.69, 9.17) is 9.47 Å². The van der Waals surface area contributed by atoms with Crippen LogP contribution in [0.25, 0.3) is 0 Å². The molecule has 0 amide bonds. The first-order valence-electron chi connectivity index (χ1n) is 12.3. The predicted octanol–water partition coefficient (Wildman–Crippen LogP) is 6.42. The van der Waals surface area contributed by atoms with E-state index in [1.54, 1.807) is 12.1 Å². The minimum absolute atomic E-state index is 0.242. The molecule has 182 valence electrons. The Hall–Kier alpha value is -2.24. The van der Waals surface area contributed by atoms with Gasteiger partial charge < -0.3 is 19.7 Å².